The first-order valence-corrected chi connectivity index (χ1v) is 11.8. The van der Waals surface area contributed by atoms with Gasteiger partial charge in [0.2, 0.25) is 0 Å². The Morgan fingerprint density at radius 1 is 0.963 bits per heavy atom. The van der Waals surface area contributed by atoms with E-state index in [9.17, 15) is 4.79 Å². The van der Waals surface area contributed by atoms with E-state index in [2.05, 4.69) is 24.5 Å². The highest BCUT2D eigenvalue weighted by molar-refractivity contribution is 5.74. The average molecular weight is 379 g/mol. The van der Waals surface area contributed by atoms with Gasteiger partial charge in [0.1, 0.15) is 6.10 Å². The zero-order valence-electron chi connectivity index (χ0n) is 17.7. The van der Waals surface area contributed by atoms with Crippen LogP contribution in [0.4, 0.5) is 0 Å². The standard InChI is InChI=1S/C23H42N2O2/c1-3-4-5-6-7-21-14-20(23(26)27-21)13-10-18-8-11-19(12-9-18)22-24-15-17(2)16-25-22/h17-22,24-25H,3-16H2,1-2H3. The van der Waals surface area contributed by atoms with Crippen molar-refractivity contribution < 1.29 is 9.53 Å². The molecule has 2 N–H and O–H groups in total. The van der Waals surface area contributed by atoms with Gasteiger partial charge in [-0.2, -0.15) is 0 Å². The molecule has 3 aliphatic rings. The van der Waals surface area contributed by atoms with E-state index in [1.807, 2.05) is 0 Å². The first-order valence-electron chi connectivity index (χ1n) is 11.8. The monoisotopic (exact) mass is 378 g/mol. The van der Waals surface area contributed by atoms with Crippen molar-refractivity contribution in [2.75, 3.05) is 13.1 Å². The summed E-state index contributed by atoms with van der Waals surface area (Å²) < 4.78 is 5.64. The van der Waals surface area contributed by atoms with Gasteiger partial charge < -0.3 is 15.4 Å². The Bertz CT molecular complexity index is 440. The van der Waals surface area contributed by atoms with Gasteiger partial charge in [0.05, 0.1) is 12.1 Å². The summed E-state index contributed by atoms with van der Waals surface area (Å²) in [5.74, 6) is 2.63. The minimum atomic E-state index is 0.0916. The summed E-state index contributed by atoms with van der Waals surface area (Å²) in [6, 6.07) is 0. The molecule has 3 rings (SSSR count). The zero-order valence-corrected chi connectivity index (χ0v) is 17.7. The van der Waals surface area contributed by atoms with Crippen molar-refractivity contribution in [3.63, 3.8) is 0 Å². The number of carbonyl (C=O) groups is 1. The number of nitrogens with one attached hydrogen (secondary N) is 2. The van der Waals surface area contributed by atoms with Gasteiger partial charge in [0.15, 0.2) is 0 Å². The van der Waals surface area contributed by atoms with Gasteiger partial charge in [-0.05, 0) is 62.7 Å². The lowest BCUT2D eigenvalue weighted by Crippen LogP contribution is -2.56. The van der Waals surface area contributed by atoms with E-state index in [1.54, 1.807) is 0 Å². The summed E-state index contributed by atoms with van der Waals surface area (Å²) in [5.41, 5.74) is 0. The highest BCUT2D eigenvalue weighted by atomic mass is 16.5. The Morgan fingerprint density at radius 2 is 1.70 bits per heavy atom. The van der Waals surface area contributed by atoms with Gasteiger partial charge in [0.25, 0.3) is 0 Å². The second kappa shape index (κ2) is 10.8. The van der Waals surface area contributed by atoms with E-state index in [0.29, 0.717) is 6.17 Å². The highest BCUT2D eigenvalue weighted by Gasteiger charge is 2.35. The molecule has 0 spiro atoms. The highest BCUT2D eigenvalue weighted by Crippen LogP contribution is 2.36. The summed E-state index contributed by atoms with van der Waals surface area (Å²) in [7, 11) is 0. The van der Waals surface area contributed by atoms with Crippen LogP contribution in [0.3, 0.4) is 0 Å². The number of unbranched alkanes of at least 4 members (excludes halogenated alkanes) is 3. The number of carbonyl (C=O) groups excluding carboxylic acids is 1. The molecular formula is C23H42N2O2. The number of hydrogen-bond acceptors (Lipinski definition) is 4. The van der Waals surface area contributed by atoms with Crippen molar-refractivity contribution in [2.24, 2.45) is 23.7 Å². The molecule has 156 valence electrons. The molecule has 1 aliphatic carbocycles. The van der Waals surface area contributed by atoms with Crippen LogP contribution in [0.25, 0.3) is 0 Å². The fraction of sp³-hybridized carbons (Fsp3) is 0.957. The summed E-state index contributed by atoms with van der Waals surface area (Å²) >= 11 is 0. The van der Waals surface area contributed by atoms with Crippen LogP contribution in [-0.2, 0) is 9.53 Å². The van der Waals surface area contributed by atoms with Gasteiger partial charge >= 0.3 is 5.97 Å². The minimum Gasteiger partial charge on any atom is -0.462 e. The molecule has 3 fully saturated rings. The molecule has 4 nitrogen and oxygen atoms in total. The largest absolute Gasteiger partial charge is 0.462 e. The second-order valence-corrected chi connectivity index (χ2v) is 9.60. The van der Waals surface area contributed by atoms with Gasteiger partial charge in [0, 0.05) is 13.1 Å². The maximum atomic E-state index is 12.2. The maximum absolute atomic E-state index is 12.2. The molecule has 2 atom stereocenters. The Morgan fingerprint density at radius 3 is 2.41 bits per heavy atom. The molecular weight excluding hydrogens is 336 g/mol. The summed E-state index contributed by atoms with van der Waals surface area (Å²) in [4.78, 5) is 12.2. The molecule has 0 bridgehead atoms. The summed E-state index contributed by atoms with van der Waals surface area (Å²) in [6.45, 7) is 6.85. The second-order valence-electron chi connectivity index (χ2n) is 9.60. The third-order valence-corrected chi connectivity index (χ3v) is 7.20. The smallest absolute Gasteiger partial charge is 0.309 e. The molecule has 0 aromatic carbocycles. The van der Waals surface area contributed by atoms with Crippen LogP contribution >= 0.6 is 0 Å². The van der Waals surface area contributed by atoms with Gasteiger partial charge in [-0.15, -0.1) is 0 Å². The van der Waals surface area contributed by atoms with Crippen LogP contribution in [0, 0.1) is 23.7 Å². The number of hydrogen-bond donors (Lipinski definition) is 2. The number of esters is 1. The molecule has 1 saturated carbocycles. The van der Waals surface area contributed by atoms with Gasteiger partial charge in [-0.3, -0.25) is 4.79 Å². The first kappa shape index (κ1) is 21.1. The predicted molar refractivity (Wildman–Crippen MR) is 110 cm³/mol. The van der Waals surface area contributed by atoms with E-state index in [1.165, 1.54) is 57.8 Å². The normalized spacial score (nSPS) is 37.3. The van der Waals surface area contributed by atoms with Crippen molar-refractivity contribution in [1.82, 2.24) is 10.6 Å². The Balaban J connectivity index is 1.30. The van der Waals surface area contributed by atoms with Gasteiger partial charge in [-0.1, -0.05) is 46.0 Å². The third-order valence-electron chi connectivity index (χ3n) is 7.20. The van der Waals surface area contributed by atoms with Gasteiger partial charge in [-0.25, -0.2) is 0 Å². The topological polar surface area (TPSA) is 50.4 Å². The molecule has 27 heavy (non-hydrogen) atoms. The van der Waals surface area contributed by atoms with E-state index < -0.39 is 0 Å². The average Bonchev–Trinajstić information content (AvgIpc) is 3.04. The van der Waals surface area contributed by atoms with Crippen molar-refractivity contribution in [2.45, 2.75) is 103 Å². The predicted octanol–water partition coefficient (Wildman–Crippen LogP) is 4.63. The minimum absolute atomic E-state index is 0.0916. The molecule has 2 heterocycles. The number of cyclic esters (lactones) is 1. The zero-order chi connectivity index (χ0) is 19.1. The number of rotatable bonds is 9. The van der Waals surface area contributed by atoms with Crippen molar-refractivity contribution in [3.8, 4) is 0 Å². The molecule has 0 radical (unpaired) electrons. The molecule has 2 aliphatic heterocycles. The lowest BCUT2D eigenvalue weighted by atomic mass is 9.77. The van der Waals surface area contributed by atoms with E-state index in [4.69, 9.17) is 4.74 Å². The quantitative estimate of drug-likeness (QED) is 0.454. The Hall–Kier alpha value is -0.610. The van der Waals surface area contributed by atoms with Crippen molar-refractivity contribution >= 4 is 5.97 Å². The molecule has 2 saturated heterocycles. The van der Waals surface area contributed by atoms with Crippen LogP contribution in [0.1, 0.15) is 90.9 Å². The van der Waals surface area contributed by atoms with Crippen LogP contribution in [0.2, 0.25) is 0 Å². The van der Waals surface area contributed by atoms with Crippen molar-refractivity contribution in [1.29, 1.82) is 0 Å². The summed E-state index contributed by atoms with van der Waals surface area (Å²) in [5, 5.41) is 7.39. The number of ether oxygens (including phenoxy) is 1. The lowest BCUT2D eigenvalue weighted by Gasteiger charge is -2.38. The summed E-state index contributed by atoms with van der Waals surface area (Å²) in [6.07, 6.45) is 15.5. The molecule has 0 amide bonds. The van der Waals surface area contributed by atoms with Crippen LogP contribution < -0.4 is 10.6 Å². The lowest BCUT2D eigenvalue weighted by molar-refractivity contribution is -0.144. The maximum Gasteiger partial charge on any atom is 0.309 e. The molecule has 2 unspecified atom stereocenters. The van der Waals surface area contributed by atoms with E-state index in [0.717, 1.165) is 50.1 Å². The fourth-order valence-electron chi connectivity index (χ4n) is 5.31. The van der Waals surface area contributed by atoms with E-state index in [-0.39, 0.29) is 18.0 Å². The first-order chi connectivity index (χ1) is 13.2. The Kier molecular flexibility index (Phi) is 8.45. The Labute approximate surface area is 166 Å². The van der Waals surface area contributed by atoms with Crippen LogP contribution in [0.15, 0.2) is 0 Å². The fourth-order valence-corrected chi connectivity index (χ4v) is 5.31. The molecule has 0 aromatic rings. The van der Waals surface area contributed by atoms with Crippen LogP contribution in [0.5, 0.6) is 0 Å². The van der Waals surface area contributed by atoms with E-state index >= 15 is 0 Å². The SMILES string of the molecule is CCCCCCC1CC(CCC2CCC(C3NCC(C)CN3)CC2)C(=O)O1. The van der Waals surface area contributed by atoms with Crippen LogP contribution in [-0.4, -0.2) is 31.3 Å². The molecule has 4 heteroatoms. The van der Waals surface area contributed by atoms with Crippen molar-refractivity contribution in [3.05, 3.63) is 0 Å². The third kappa shape index (κ3) is 6.45. The molecule has 0 aromatic heterocycles.